The van der Waals surface area contributed by atoms with Gasteiger partial charge in [0, 0.05) is 25.4 Å². The average Bonchev–Trinajstić information content (AvgIpc) is 2.28. The molecule has 1 nitrogen and oxygen atoms in total. The molecule has 0 unspecified atom stereocenters. The van der Waals surface area contributed by atoms with Crippen LogP contribution in [0, 0.1) is 0 Å². The van der Waals surface area contributed by atoms with Crippen LogP contribution in [-0.4, -0.2) is 6.29 Å². The summed E-state index contributed by atoms with van der Waals surface area (Å²) in [4.78, 5) is 12.7. The van der Waals surface area contributed by atoms with Crippen molar-refractivity contribution in [2.45, 2.75) is 9.79 Å². The first-order valence-corrected chi connectivity index (χ1v) is 6.44. The molecule has 0 aliphatic carbocycles. The molecule has 0 saturated heterocycles. The average molecular weight is 283 g/mol. The highest BCUT2D eigenvalue weighted by Gasteiger charge is 2.04. The number of hydrogen-bond donors (Lipinski definition) is 0. The largest absolute Gasteiger partial charge is 0.298 e. The van der Waals surface area contributed by atoms with Crippen molar-refractivity contribution in [3.05, 3.63) is 58.1 Å². The van der Waals surface area contributed by atoms with Gasteiger partial charge >= 0.3 is 0 Å². The first-order chi connectivity index (χ1) is 8.19. The Bertz CT molecular complexity index is 535. The Balaban J connectivity index is 2.34. The Morgan fingerprint density at radius 2 is 1.65 bits per heavy atom. The predicted molar refractivity (Wildman–Crippen MR) is 72.4 cm³/mol. The van der Waals surface area contributed by atoms with Crippen LogP contribution in [0.3, 0.4) is 0 Å². The van der Waals surface area contributed by atoms with Gasteiger partial charge in [-0.15, -0.1) is 0 Å². The molecular weight excluding hydrogens is 275 g/mol. The van der Waals surface area contributed by atoms with Crippen LogP contribution in [-0.2, 0) is 0 Å². The maximum absolute atomic E-state index is 10.9. The van der Waals surface area contributed by atoms with E-state index in [1.807, 2.05) is 30.3 Å². The Hall–Kier alpha value is -0.960. The number of carbonyl (C=O) groups is 1. The van der Waals surface area contributed by atoms with Crippen molar-refractivity contribution in [2.24, 2.45) is 0 Å². The highest BCUT2D eigenvalue weighted by atomic mass is 35.5. The zero-order valence-electron chi connectivity index (χ0n) is 8.69. The molecule has 0 spiro atoms. The van der Waals surface area contributed by atoms with Gasteiger partial charge in [0.25, 0.3) is 0 Å². The molecule has 4 heteroatoms. The van der Waals surface area contributed by atoms with E-state index in [2.05, 4.69) is 0 Å². The molecule has 0 N–H and O–H groups in total. The van der Waals surface area contributed by atoms with Crippen LogP contribution in [0.1, 0.15) is 10.4 Å². The molecule has 0 bridgehead atoms. The van der Waals surface area contributed by atoms with Crippen molar-refractivity contribution >= 4 is 41.2 Å². The second-order valence-electron chi connectivity index (χ2n) is 3.36. The number of carbonyl (C=O) groups excluding carboxylic acids is 1. The fourth-order valence-electron chi connectivity index (χ4n) is 1.39. The molecule has 0 atom stereocenters. The summed E-state index contributed by atoms with van der Waals surface area (Å²) in [5.74, 6) is 0. The fourth-order valence-corrected chi connectivity index (χ4v) is 3.05. The molecule has 0 amide bonds. The van der Waals surface area contributed by atoms with E-state index in [-0.39, 0.29) is 0 Å². The summed E-state index contributed by atoms with van der Waals surface area (Å²) in [6.45, 7) is 0. The summed E-state index contributed by atoms with van der Waals surface area (Å²) in [5, 5.41) is 1.17. The van der Waals surface area contributed by atoms with Crippen LogP contribution in [0.2, 0.25) is 10.0 Å². The van der Waals surface area contributed by atoms with E-state index >= 15 is 0 Å². The molecule has 0 aromatic heterocycles. The van der Waals surface area contributed by atoms with Crippen LogP contribution in [0.5, 0.6) is 0 Å². The van der Waals surface area contributed by atoms with Crippen molar-refractivity contribution in [3.63, 3.8) is 0 Å². The molecule has 17 heavy (non-hydrogen) atoms. The molecule has 2 aromatic carbocycles. The highest BCUT2D eigenvalue weighted by molar-refractivity contribution is 7.99. The third kappa shape index (κ3) is 3.25. The SMILES string of the molecule is O=Cc1ccccc1Sc1cc(Cl)cc(Cl)c1. The zero-order chi connectivity index (χ0) is 12.3. The lowest BCUT2D eigenvalue weighted by molar-refractivity contribution is 0.112. The standard InChI is InChI=1S/C13H8Cl2OS/c14-10-5-11(15)7-12(6-10)17-13-4-2-1-3-9(13)8-16/h1-8H. The maximum atomic E-state index is 10.9. The minimum Gasteiger partial charge on any atom is -0.298 e. The first-order valence-electron chi connectivity index (χ1n) is 4.87. The van der Waals surface area contributed by atoms with E-state index in [0.29, 0.717) is 15.6 Å². The van der Waals surface area contributed by atoms with E-state index in [4.69, 9.17) is 23.2 Å². The third-order valence-corrected chi connectivity index (χ3v) is 3.61. The molecule has 0 saturated carbocycles. The summed E-state index contributed by atoms with van der Waals surface area (Å²) in [7, 11) is 0. The quantitative estimate of drug-likeness (QED) is 0.741. The van der Waals surface area contributed by atoms with Crippen molar-refractivity contribution in [3.8, 4) is 0 Å². The van der Waals surface area contributed by atoms with E-state index in [1.54, 1.807) is 12.1 Å². The smallest absolute Gasteiger partial charge is 0.151 e. The molecular formula is C13H8Cl2OS. The summed E-state index contributed by atoms with van der Waals surface area (Å²) < 4.78 is 0. The van der Waals surface area contributed by atoms with E-state index in [1.165, 1.54) is 11.8 Å². The number of hydrogen-bond acceptors (Lipinski definition) is 2. The molecule has 0 aliphatic rings. The molecule has 0 aliphatic heterocycles. The third-order valence-electron chi connectivity index (χ3n) is 2.11. The van der Waals surface area contributed by atoms with Gasteiger partial charge in [-0.1, -0.05) is 53.2 Å². The molecule has 2 aromatic rings. The predicted octanol–water partition coefficient (Wildman–Crippen LogP) is 4.96. The Morgan fingerprint density at radius 1 is 1.00 bits per heavy atom. The van der Waals surface area contributed by atoms with Crippen LogP contribution >= 0.6 is 35.0 Å². The van der Waals surface area contributed by atoms with Gasteiger partial charge < -0.3 is 0 Å². The molecule has 0 heterocycles. The van der Waals surface area contributed by atoms with Gasteiger partial charge in [0.1, 0.15) is 0 Å². The summed E-state index contributed by atoms with van der Waals surface area (Å²) in [6, 6.07) is 12.7. The van der Waals surface area contributed by atoms with Gasteiger partial charge in [-0.05, 0) is 24.3 Å². The minimum atomic E-state index is 0.587. The summed E-state index contributed by atoms with van der Waals surface area (Å²) in [6.07, 6.45) is 0.842. The molecule has 86 valence electrons. The van der Waals surface area contributed by atoms with Crippen molar-refractivity contribution in [2.75, 3.05) is 0 Å². The van der Waals surface area contributed by atoms with Crippen molar-refractivity contribution < 1.29 is 4.79 Å². The van der Waals surface area contributed by atoms with Gasteiger partial charge in [-0.2, -0.15) is 0 Å². The van der Waals surface area contributed by atoms with Gasteiger partial charge in [0.2, 0.25) is 0 Å². The normalized spacial score (nSPS) is 10.2. The van der Waals surface area contributed by atoms with Crippen molar-refractivity contribution in [1.29, 1.82) is 0 Å². The van der Waals surface area contributed by atoms with E-state index < -0.39 is 0 Å². The fraction of sp³-hybridized carbons (Fsp3) is 0. The van der Waals surface area contributed by atoms with Crippen LogP contribution < -0.4 is 0 Å². The number of rotatable bonds is 3. The van der Waals surface area contributed by atoms with Crippen LogP contribution in [0.15, 0.2) is 52.3 Å². The van der Waals surface area contributed by atoms with Crippen LogP contribution in [0.25, 0.3) is 0 Å². The van der Waals surface area contributed by atoms with E-state index in [9.17, 15) is 4.79 Å². The number of benzene rings is 2. The van der Waals surface area contributed by atoms with Gasteiger partial charge in [0.05, 0.1) is 0 Å². The number of halogens is 2. The Morgan fingerprint density at radius 3 is 2.29 bits per heavy atom. The maximum Gasteiger partial charge on any atom is 0.151 e. The topological polar surface area (TPSA) is 17.1 Å². The Labute approximate surface area is 114 Å². The zero-order valence-corrected chi connectivity index (χ0v) is 11.0. The lowest BCUT2D eigenvalue weighted by Gasteiger charge is -2.05. The van der Waals surface area contributed by atoms with Gasteiger partial charge in [0.15, 0.2) is 6.29 Å². The minimum absolute atomic E-state index is 0.587. The highest BCUT2D eigenvalue weighted by Crippen LogP contribution is 2.33. The van der Waals surface area contributed by atoms with Gasteiger partial charge in [-0.3, -0.25) is 4.79 Å². The first kappa shape index (κ1) is 12.5. The number of aldehydes is 1. The van der Waals surface area contributed by atoms with Gasteiger partial charge in [-0.25, -0.2) is 0 Å². The molecule has 0 radical (unpaired) electrons. The summed E-state index contributed by atoms with van der Waals surface area (Å²) in [5.41, 5.74) is 0.661. The lowest BCUT2D eigenvalue weighted by atomic mass is 10.2. The van der Waals surface area contributed by atoms with Crippen molar-refractivity contribution in [1.82, 2.24) is 0 Å². The second-order valence-corrected chi connectivity index (χ2v) is 5.35. The molecule has 2 rings (SSSR count). The summed E-state index contributed by atoms with van der Waals surface area (Å²) >= 11 is 13.3. The lowest BCUT2D eigenvalue weighted by Crippen LogP contribution is -1.84. The monoisotopic (exact) mass is 282 g/mol. The second kappa shape index (κ2) is 5.58. The van der Waals surface area contributed by atoms with E-state index in [0.717, 1.165) is 16.1 Å². The Kier molecular flexibility index (Phi) is 4.11. The molecule has 0 fully saturated rings. The van der Waals surface area contributed by atoms with Crippen LogP contribution in [0.4, 0.5) is 0 Å².